The summed E-state index contributed by atoms with van der Waals surface area (Å²) in [6.07, 6.45) is 1.92. The molecule has 0 aliphatic carbocycles. The van der Waals surface area contributed by atoms with Crippen molar-refractivity contribution in [1.29, 1.82) is 0 Å². The fourth-order valence-electron chi connectivity index (χ4n) is 4.61. The van der Waals surface area contributed by atoms with E-state index in [0.29, 0.717) is 11.3 Å². The number of aromatic amines is 1. The maximum absolute atomic E-state index is 13.4. The summed E-state index contributed by atoms with van der Waals surface area (Å²) < 4.78 is 33.9. The Bertz CT molecular complexity index is 1340. The quantitative estimate of drug-likeness (QED) is 0.450. The lowest BCUT2D eigenvalue weighted by molar-refractivity contribution is -0.0494. The van der Waals surface area contributed by atoms with Crippen molar-refractivity contribution in [2.45, 2.75) is 46.8 Å². The Kier molecular flexibility index (Phi) is 4.12. The van der Waals surface area contributed by atoms with E-state index in [4.69, 9.17) is 4.74 Å². The number of hydrogen-bond acceptors (Lipinski definition) is 4. The summed E-state index contributed by atoms with van der Waals surface area (Å²) in [5.41, 5.74) is 5.21. The van der Waals surface area contributed by atoms with E-state index in [9.17, 15) is 8.78 Å². The van der Waals surface area contributed by atoms with Gasteiger partial charge in [0.1, 0.15) is 11.6 Å². The molecule has 0 saturated heterocycles. The van der Waals surface area contributed by atoms with Crippen molar-refractivity contribution >= 4 is 16.6 Å². The standard InChI is InChI=1S/C23H23F2N5O/c1-11-10-26-19-14(11)7-6-8-15(19)18-12(2)20-16(9-17(18)31-22(24)25)27-23(4,5)21-29-28-13(3)30(20)21/h6-10,22,26-27H,1-5H3. The second-order valence-corrected chi connectivity index (χ2v) is 8.51. The van der Waals surface area contributed by atoms with Crippen molar-refractivity contribution in [1.82, 2.24) is 19.7 Å². The first kappa shape index (κ1) is 19.5. The smallest absolute Gasteiger partial charge is 0.387 e. The number of aromatic nitrogens is 4. The summed E-state index contributed by atoms with van der Waals surface area (Å²) in [5, 5.41) is 13.1. The summed E-state index contributed by atoms with van der Waals surface area (Å²) >= 11 is 0. The number of nitrogens with zero attached hydrogens (tertiary/aromatic N) is 3. The van der Waals surface area contributed by atoms with Crippen molar-refractivity contribution in [2.24, 2.45) is 0 Å². The Morgan fingerprint density at radius 1 is 1.13 bits per heavy atom. The van der Waals surface area contributed by atoms with Gasteiger partial charge in [0, 0.05) is 28.8 Å². The molecular formula is C23H23F2N5O. The number of halogens is 2. The van der Waals surface area contributed by atoms with E-state index < -0.39 is 12.2 Å². The lowest BCUT2D eigenvalue weighted by Gasteiger charge is -2.35. The number of para-hydroxylation sites is 1. The minimum absolute atomic E-state index is 0.128. The van der Waals surface area contributed by atoms with Gasteiger partial charge in [-0.2, -0.15) is 8.78 Å². The second-order valence-electron chi connectivity index (χ2n) is 8.51. The minimum Gasteiger partial charge on any atom is -0.434 e. The molecule has 0 amide bonds. The predicted molar refractivity (Wildman–Crippen MR) is 116 cm³/mol. The van der Waals surface area contributed by atoms with Crippen LogP contribution in [0.5, 0.6) is 5.75 Å². The number of fused-ring (bicyclic) bond motifs is 4. The summed E-state index contributed by atoms with van der Waals surface area (Å²) in [4.78, 5) is 3.29. The van der Waals surface area contributed by atoms with Crippen LogP contribution >= 0.6 is 0 Å². The number of ether oxygens (including phenoxy) is 1. The van der Waals surface area contributed by atoms with Crippen LogP contribution in [-0.2, 0) is 5.54 Å². The molecule has 5 rings (SSSR count). The first-order valence-electron chi connectivity index (χ1n) is 10.1. The molecule has 0 unspecified atom stereocenters. The maximum Gasteiger partial charge on any atom is 0.387 e. The highest BCUT2D eigenvalue weighted by molar-refractivity contribution is 5.99. The molecule has 0 bridgehead atoms. The number of nitrogens with one attached hydrogen (secondary N) is 2. The van der Waals surface area contributed by atoms with E-state index >= 15 is 0 Å². The Labute approximate surface area is 178 Å². The second kappa shape index (κ2) is 6.54. The molecule has 3 heterocycles. The lowest BCUT2D eigenvalue weighted by atomic mass is 9.92. The topological polar surface area (TPSA) is 67.8 Å². The van der Waals surface area contributed by atoms with Crippen LogP contribution in [0.25, 0.3) is 27.7 Å². The number of aryl methyl sites for hydroxylation is 2. The van der Waals surface area contributed by atoms with Gasteiger partial charge in [-0.05, 0) is 45.7 Å². The van der Waals surface area contributed by atoms with E-state index in [1.807, 2.05) is 63.6 Å². The molecule has 0 spiro atoms. The molecular weight excluding hydrogens is 400 g/mol. The maximum atomic E-state index is 13.4. The molecule has 4 aromatic rings. The zero-order valence-corrected chi connectivity index (χ0v) is 18.0. The minimum atomic E-state index is -2.94. The number of anilines is 1. The third kappa shape index (κ3) is 2.81. The lowest BCUT2D eigenvalue weighted by Crippen LogP contribution is -2.36. The zero-order valence-electron chi connectivity index (χ0n) is 18.0. The zero-order chi connectivity index (χ0) is 22.1. The van der Waals surface area contributed by atoms with Crippen molar-refractivity contribution < 1.29 is 13.5 Å². The molecule has 1 aliphatic heterocycles. The van der Waals surface area contributed by atoms with Crippen LogP contribution in [-0.4, -0.2) is 26.4 Å². The molecule has 0 fully saturated rings. The molecule has 8 heteroatoms. The SMILES string of the molecule is Cc1c(-c2cccc3c(C)c[nH]c23)c(OC(F)F)cc2c1-n1c(C)nnc1C(C)(C)N2. The third-order valence-electron chi connectivity index (χ3n) is 5.97. The number of hydrogen-bond donors (Lipinski definition) is 2. The first-order valence-corrected chi connectivity index (χ1v) is 10.1. The highest BCUT2D eigenvalue weighted by Gasteiger charge is 2.36. The van der Waals surface area contributed by atoms with Gasteiger partial charge in [-0.1, -0.05) is 18.2 Å². The summed E-state index contributed by atoms with van der Waals surface area (Å²) in [5.74, 6) is 1.63. The Morgan fingerprint density at radius 2 is 1.90 bits per heavy atom. The van der Waals surface area contributed by atoms with Crippen molar-refractivity contribution in [3.05, 3.63) is 53.2 Å². The van der Waals surface area contributed by atoms with Gasteiger partial charge < -0.3 is 15.0 Å². The van der Waals surface area contributed by atoms with Crippen LogP contribution in [0, 0.1) is 20.8 Å². The van der Waals surface area contributed by atoms with Crippen LogP contribution in [0.4, 0.5) is 14.5 Å². The van der Waals surface area contributed by atoms with Crippen LogP contribution in [0.15, 0.2) is 30.5 Å². The highest BCUT2D eigenvalue weighted by Crippen LogP contribution is 2.47. The number of benzene rings is 2. The van der Waals surface area contributed by atoms with Gasteiger partial charge in [0.2, 0.25) is 0 Å². The Balaban J connectivity index is 1.87. The summed E-state index contributed by atoms with van der Waals surface area (Å²) in [7, 11) is 0. The largest absolute Gasteiger partial charge is 0.434 e. The van der Waals surface area contributed by atoms with Gasteiger partial charge in [-0.25, -0.2) is 0 Å². The summed E-state index contributed by atoms with van der Waals surface area (Å²) in [6, 6.07) is 7.52. The van der Waals surface area contributed by atoms with E-state index in [2.05, 4.69) is 20.5 Å². The summed E-state index contributed by atoms with van der Waals surface area (Å²) in [6.45, 7) is 6.84. The van der Waals surface area contributed by atoms with Gasteiger partial charge in [0.15, 0.2) is 5.82 Å². The number of H-pyrrole nitrogens is 1. The van der Waals surface area contributed by atoms with Gasteiger partial charge >= 0.3 is 6.61 Å². The Hall–Kier alpha value is -3.42. The fraction of sp³-hybridized carbons (Fsp3) is 0.304. The van der Waals surface area contributed by atoms with Crippen molar-refractivity contribution in [2.75, 3.05) is 5.32 Å². The molecule has 31 heavy (non-hydrogen) atoms. The van der Waals surface area contributed by atoms with E-state index in [-0.39, 0.29) is 5.75 Å². The molecule has 0 saturated carbocycles. The fourth-order valence-corrected chi connectivity index (χ4v) is 4.61. The van der Waals surface area contributed by atoms with Gasteiger partial charge in [-0.3, -0.25) is 4.57 Å². The highest BCUT2D eigenvalue weighted by atomic mass is 19.3. The molecule has 2 aromatic carbocycles. The van der Waals surface area contributed by atoms with Crippen molar-refractivity contribution in [3.63, 3.8) is 0 Å². The third-order valence-corrected chi connectivity index (χ3v) is 5.97. The molecule has 0 atom stereocenters. The Morgan fingerprint density at radius 3 is 2.65 bits per heavy atom. The average Bonchev–Trinajstić information content (AvgIpc) is 3.25. The number of rotatable bonds is 3. The normalized spacial score (nSPS) is 14.5. The van der Waals surface area contributed by atoms with E-state index in [1.165, 1.54) is 0 Å². The predicted octanol–water partition coefficient (Wildman–Crippen LogP) is 5.60. The molecule has 160 valence electrons. The van der Waals surface area contributed by atoms with Crippen LogP contribution in [0.2, 0.25) is 0 Å². The molecule has 2 N–H and O–H groups in total. The van der Waals surface area contributed by atoms with E-state index in [1.54, 1.807) is 6.07 Å². The van der Waals surface area contributed by atoms with Crippen LogP contribution in [0.1, 0.15) is 36.6 Å². The van der Waals surface area contributed by atoms with Gasteiger partial charge in [0.05, 0.1) is 22.4 Å². The first-order chi connectivity index (χ1) is 14.7. The molecule has 6 nitrogen and oxygen atoms in total. The van der Waals surface area contributed by atoms with Crippen LogP contribution < -0.4 is 10.1 Å². The average molecular weight is 423 g/mol. The van der Waals surface area contributed by atoms with Gasteiger partial charge in [0.25, 0.3) is 0 Å². The monoisotopic (exact) mass is 423 g/mol. The molecule has 0 radical (unpaired) electrons. The molecule has 2 aromatic heterocycles. The van der Waals surface area contributed by atoms with E-state index in [0.717, 1.165) is 44.9 Å². The van der Waals surface area contributed by atoms with Crippen LogP contribution in [0.3, 0.4) is 0 Å². The molecule has 1 aliphatic rings. The number of alkyl halides is 2. The van der Waals surface area contributed by atoms with Crippen molar-refractivity contribution in [3.8, 4) is 22.6 Å². The van der Waals surface area contributed by atoms with Gasteiger partial charge in [-0.15, -0.1) is 10.2 Å².